The van der Waals surface area contributed by atoms with Crippen LogP contribution in [-0.4, -0.2) is 50.5 Å². The number of halogens is 3. The molecule has 198 valence electrons. The molecule has 2 aromatic rings. The molecule has 0 saturated heterocycles. The van der Waals surface area contributed by atoms with E-state index in [1.165, 1.54) is 11.0 Å². The molecule has 1 unspecified atom stereocenters. The van der Waals surface area contributed by atoms with Gasteiger partial charge in [-0.3, -0.25) is 13.9 Å². The van der Waals surface area contributed by atoms with Gasteiger partial charge in [0.2, 0.25) is 21.8 Å². The van der Waals surface area contributed by atoms with Gasteiger partial charge in [-0.25, -0.2) is 8.42 Å². The van der Waals surface area contributed by atoms with E-state index in [2.05, 4.69) is 5.32 Å². The molecule has 0 heterocycles. The molecule has 0 saturated carbocycles. The Balaban J connectivity index is 2.18. The van der Waals surface area contributed by atoms with E-state index in [0.717, 1.165) is 40.7 Å². The monoisotopic (exact) mass is 527 g/mol. The van der Waals surface area contributed by atoms with Gasteiger partial charge in [0.1, 0.15) is 6.04 Å². The molecule has 0 spiro atoms. The van der Waals surface area contributed by atoms with E-state index in [-0.39, 0.29) is 43.4 Å². The summed E-state index contributed by atoms with van der Waals surface area (Å²) in [5.41, 5.74) is -0.276. The normalized spacial score (nSPS) is 12.6. The van der Waals surface area contributed by atoms with Crippen molar-refractivity contribution < 1.29 is 31.2 Å². The molecule has 1 atom stereocenters. The van der Waals surface area contributed by atoms with Crippen molar-refractivity contribution in [3.8, 4) is 0 Å². The molecule has 0 aliphatic rings. The minimum absolute atomic E-state index is 0.0523. The van der Waals surface area contributed by atoms with Crippen molar-refractivity contribution in [3.63, 3.8) is 0 Å². The van der Waals surface area contributed by atoms with E-state index in [0.29, 0.717) is 6.54 Å². The Morgan fingerprint density at radius 3 is 2.31 bits per heavy atom. The van der Waals surface area contributed by atoms with Crippen LogP contribution >= 0.6 is 0 Å². The number of nitrogens with zero attached hydrogens (tertiary/aromatic N) is 2. The first-order valence-corrected chi connectivity index (χ1v) is 13.5. The Bertz CT molecular complexity index is 1120. The zero-order valence-corrected chi connectivity index (χ0v) is 21.4. The Labute approximate surface area is 210 Å². The minimum atomic E-state index is -4.62. The van der Waals surface area contributed by atoms with Gasteiger partial charge in [0, 0.05) is 26.1 Å². The van der Waals surface area contributed by atoms with Crippen LogP contribution in [0.5, 0.6) is 0 Å². The predicted octanol–water partition coefficient (Wildman–Crippen LogP) is 4.20. The SMILES string of the molecule is CCCNC(=O)C(C)N(Cc1ccccc1)C(=O)CCCN(c1cccc(C(F)(F)F)c1)S(C)(=O)=O. The van der Waals surface area contributed by atoms with Crippen LogP contribution in [0.2, 0.25) is 0 Å². The molecule has 11 heteroatoms. The molecule has 1 N–H and O–H groups in total. The van der Waals surface area contributed by atoms with Gasteiger partial charge < -0.3 is 10.2 Å². The van der Waals surface area contributed by atoms with E-state index in [9.17, 15) is 31.2 Å². The number of sulfonamides is 1. The summed E-state index contributed by atoms with van der Waals surface area (Å²) in [6, 6.07) is 12.4. The Hall–Kier alpha value is -3.08. The van der Waals surface area contributed by atoms with E-state index in [1.54, 1.807) is 6.92 Å². The van der Waals surface area contributed by atoms with Crippen LogP contribution in [0.3, 0.4) is 0 Å². The number of rotatable bonds is 12. The highest BCUT2D eigenvalue weighted by Crippen LogP contribution is 2.32. The van der Waals surface area contributed by atoms with Crippen LogP contribution in [0.4, 0.5) is 18.9 Å². The maximum atomic E-state index is 13.1. The van der Waals surface area contributed by atoms with Crippen molar-refractivity contribution in [3.05, 3.63) is 65.7 Å². The molecule has 0 fully saturated rings. The summed E-state index contributed by atoms with van der Waals surface area (Å²) in [5.74, 6) is -0.668. The number of hydrogen-bond acceptors (Lipinski definition) is 4. The molecule has 2 amide bonds. The van der Waals surface area contributed by atoms with Crippen LogP contribution in [-0.2, 0) is 32.3 Å². The van der Waals surface area contributed by atoms with Gasteiger partial charge in [-0.05, 0) is 43.5 Å². The number of alkyl halides is 3. The van der Waals surface area contributed by atoms with Crippen LogP contribution in [0.25, 0.3) is 0 Å². The molecule has 0 aromatic heterocycles. The molecule has 0 aliphatic heterocycles. The lowest BCUT2D eigenvalue weighted by Crippen LogP contribution is -2.47. The largest absolute Gasteiger partial charge is 0.416 e. The number of amides is 2. The van der Waals surface area contributed by atoms with Crippen LogP contribution in [0.1, 0.15) is 44.2 Å². The van der Waals surface area contributed by atoms with Crippen LogP contribution in [0.15, 0.2) is 54.6 Å². The average Bonchev–Trinajstić information content (AvgIpc) is 2.82. The second kappa shape index (κ2) is 12.8. The zero-order chi connectivity index (χ0) is 26.9. The van der Waals surface area contributed by atoms with Crippen molar-refractivity contribution in [2.45, 2.75) is 51.9 Å². The molecular formula is C25H32F3N3O4S. The van der Waals surface area contributed by atoms with Gasteiger partial charge in [-0.2, -0.15) is 13.2 Å². The average molecular weight is 528 g/mol. The Kier molecular flexibility index (Phi) is 10.3. The molecule has 0 bridgehead atoms. The molecule has 0 aliphatic carbocycles. The van der Waals surface area contributed by atoms with Gasteiger partial charge in [0.05, 0.1) is 17.5 Å². The predicted molar refractivity (Wildman–Crippen MR) is 133 cm³/mol. The van der Waals surface area contributed by atoms with Crippen molar-refractivity contribution in [2.24, 2.45) is 0 Å². The summed E-state index contributed by atoms with van der Waals surface area (Å²) < 4.78 is 64.9. The Morgan fingerprint density at radius 2 is 1.72 bits per heavy atom. The van der Waals surface area contributed by atoms with Gasteiger partial charge >= 0.3 is 6.18 Å². The minimum Gasteiger partial charge on any atom is -0.354 e. The highest BCUT2D eigenvalue weighted by Gasteiger charge is 2.32. The van der Waals surface area contributed by atoms with Crippen LogP contribution in [0, 0.1) is 0 Å². The lowest BCUT2D eigenvalue weighted by atomic mass is 10.1. The molecule has 7 nitrogen and oxygen atoms in total. The van der Waals surface area contributed by atoms with Gasteiger partial charge in [0.25, 0.3) is 0 Å². The second-order valence-electron chi connectivity index (χ2n) is 8.46. The lowest BCUT2D eigenvalue weighted by molar-refractivity contribution is -0.140. The van der Waals surface area contributed by atoms with E-state index in [4.69, 9.17) is 0 Å². The Morgan fingerprint density at radius 1 is 1.06 bits per heavy atom. The zero-order valence-electron chi connectivity index (χ0n) is 20.6. The molecule has 2 aromatic carbocycles. The highest BCUT2D eigenvalue weighted by molar-refractivity contribution is 7.92. The molecule has 0 radical (unpaired) electrons. The molecule has 2 rings (SSSR count). The summed E-state index contributed by atoms with van der Waals surface area (Å²) in [6.07, 6.45) is -3.03. The maximum absolute atomic E-state index is 13.1. The number of carbonyl (C=O) groups is 2. The van der Waals surface area contributed by atoms with Crippen LogP contribution < -0.4 is 9.62 Å². The fourth-order valence-corrected chi connectivity index (χ4v) is 4.56. The molecule has 36 heavy (non-hydrogen) atoms. The van der Waals surface area contributed by atoms with E-state index in [1.807, 2.05) is 37.3 Å². The van der Waals surface area contributed by atoms with E-state index >= 15 is 0 Å². The summed E-state index contributed by atoms with van der Waals surface area (Å²) in [4.78, 5) is 27.1. The smallest absolute Gasteiger partial charge is 0.354 e. The standard InChI is InChI=1S/C25H32F3N3O4S/c1-4-15-29-24(33)19(2)30(18-20-10-6-5-7-11-20)23(32)14-9-16-31(36(3,34)35)22-13-8-12-21(17-22)25(26,27)28/h5-8,10-13,17,19H,4,9,14-16,18H2,1-3H3,(H,29,33). The first-order chi connectivity index (χ1) is 16.8. The number of anilines is 1. The number of carbonyl (C=O) groups excluding carboxylic acids is 2. The van der Waals surface area contributed by atoms with Crippen molar-refractivity contribution in [1.29, 1.82) is 0 Å². The topological polar surface area (TPSA) is 86.8 Å². The summed E-state index contributed by atoms with van der Waals surface area (Å²) in [7, 11) is -3.91. The fraction of sp³-hybridized carbons (Fsp3) is 0.440. The molecular weight excluding hydrogens is 495 g/mol. The highest BCUT2D eigenvalue weighted by atomic mass is 32.2. The number of benzene rings is 2. The maximum Gasteiger partial charge on any atom is 0.416 e. The van der Waals surface area contributed by atoms with E-state index < -0.39 is 27.8 Å². The third-order valence-electron chi connectivity index (χ3n) is 5.53. The third kappa shape index (κ3) is 8.54. The number of hydrogen-bond donors (Lipinski definition) is 1. The lowest BCUT2D eigenvalue weighted by Gasteiger charge is -2.29. The summed E-state index contributed by atoms with van der Waals surface area (Å²) in [6.45, 7) is 4.00. The first-order valence-electron chi connectivity index (χ1n) is 11.6. The second-order valence-corrected chi connectivity index (χ2v) is 10.4. The quantitative estimate of drug-likeness (QED) is 0.448. The van der Waals surface area contributed by atoms with Crippen molar-refractivity contribution >= 4 is 27.5 Å². The summed E-state index contributed by atoms with van der Waals surface area (Å²) >= 11 is 0. The van der Waals surface area contributed by atoms with Gasteiger partial charge in [-0.15, -0.1) is 0 Å². The fourth-order valence-electron chi connectivity index (χ4n) is 3.60. The van der Waals surface area contributed by atoms with Gasteiger partial charge in [-0.1, -0.05) is 43.3 Å². The van der Waals surface area contributed by atoms with Gasteiger partial charge in [0.15, 0.2) is 0 Å². The number of nitrogens with one attached hydrogen (secondary N) is 1. The summed E-state index contributed by atoms with van der Waals surface area (Å²) in [5, 5.41) is 2.77. The van der Waals surface area contributed by atoms with Crippen molar-refractivity contribution in [1.82, 2.24) is 10.2 Å². The third-order valence-corrected chi connectivity index (χ3v) is 6.72. The first kappa shape index (κ1) is 29.2. The van der Waals surface area contributed by atoms with Crippen molar-refractivity contribution in [2.75, 3.05) is 23.7 Å².